The van der Waals surface area contributed by atoms with Crippen molar-refractivity contribution in [3.8, 4) is 0 Å². The summed E-state index contributed by atoms with van der Waals surface area (Å²) in [7, 11) is 0. The second-order valence-electron chi connectivity index (χ2n) is 3.25. The summed E-state index contributed by atoms with van der Waals surface area (Å²) in [6.45, 7) is 6.26. The van der Waals surface area contributed by atoms with Gasteiger partial charge in [0, 0.05) is 4.97 Å². The predicted molar refractivity (Wildman–Crippen MR) is 36.9 cm³/mol. The molecule has 0 aliphatic heterocycles. The van der Waals surface area contributed by atoms with Gasteiger partial charge in [0.25, 0.3) is 0 Å². The van der Waals surface area contributed by atoms with Crippen molar-refractivity contribution in [2.24, 2.45) is 10.7 Å². The van der Waals surface area contributed by atoms with Gasteiger partial charge in [0.2, 0.25) is 0 Å². The van der Waals surface area contributed by atoms with Crippen LogP contribution in [-0.4, -0.2) is 11.5 Å². The van der Waals surface area contributed by atoms with E-state index < -0.39 is 0 Å². The van der Waals surface area contributed by atoms with Crippen LogP contribution in [0, 0.1) is 15.8 Å². The third-order valence-electron chi connectivity index (χ3n) is 0.819. The van der Waals surface area contributed by atoms with Crippen LogP contribution in [0.4, 0.5) is 0 Å². The van der Waals surface area contributed by atoms with Crippen molar-refractivity contribution in [3.63, 3.8) is 0 Å². The summed E-state index contributed by atoms with van der Waals surface area (Å²) in [5.41, 5.74) is 2.25. The summed E-state index contributed by atoms with van der Waals surface area (Å²) in [6, 6.07) is 0. The van der Waals surface area contributed by atoms with Gasteiger partial charge in [0.05, 0.1) is 6.54 Å². The molecule has 0 bridgehead atoms. The monoisotopic (exact) mass is 169 g/mol. The van der Waals surface area contributed by atoms with Crippen LogP contribution in [0.15, 0.2) is 5.28 Å². The van der Waals surface area contributed by atoms with E-state index >= 15 is 0 Å². The van der Waals surface area contributed by atoms with Gasteiger partial charge >= 0.3 is 29.6 Å². The quantitative estimate of drug-likeness (QED) is 0.225. The molecule has 0 aromatic carbocycles. The van der Waals surface area contributed by atoms with Gasteiger partial charge in [-0.05, 0) is 10.7 Å². The second-order valence-corrected chi connectivity index (χ2v) is 3.25. The molecule has 0 unspecified atom stereocenters. The fourth-order valence-electron chi connectivity index (χ4n) is 0.334. The topological polar surface area (TPSA) is 73.5 Å². The molecule has 0 radical (unpaired) electrons. The van der Waals surface area contributed by atoms with Gasteiger partial charge in [-0.25, -0.2) is 0 Å². The Balaban J connectivity index is 0. The van der Waals surface area contributed by atoms with Crippen molar-refractivity contribution in [3.05, 3.63) is 10.4 Å². The van der Waals surface area contributed by atoms with Crippen LogP contribution < -0.4 is 35.0 Å². The Morgan fingerprint density at radius 1 is 1.45 bits per heavy atom. The first-order valence-electron chi connectivity index (χ1n) is 3.00. The normalized spacial score (nSPS) is 12.1. The molecule has 6 heteroatoms. The number of hydrogen-bond acceptors (Lipinski definition) is 3. The second kappa shape index (κ2) is 5.62. The zero-order valence-electron chi connectivity index (χ0n) is 7.42. The smallest absolute Gasteiger partial charge is 0.737 e. The molecular formula is C5H12N3NaO2. The predicted octanol–water partition coefficient (Wildman–Crippen LogP) is -2.00. The Kier molecular flexibility index (Phi) is 6.94. The summed E-state index contributed by atoms with van der Waals surface area (Å²) < 4.78 is 0. The molecule has 0 amide bonds. The van der Waals surface area contributed by atoms with E-state index in [9.17, 15) is 10.4 Å². The van der Waals surface area contributed by atoms with Gasteiger partial charge in [-0.1, -0.05) is 20.8 Å². The summed E-state index contributed by atoms with van der Waals surface area (Å²) >= 11 is 0. The molecule has 0 fully saturated rings. The van der Waals surface area contributed by atoms with Gasteiger partial charge in [-0.3, -0.25) is 0 Å². The van der Waals surface area contributed by atoms with E-state index in [1.54, 1.807) is 0 Å². The molecular weight excluding hydrogens is 157 g/mol. The molecule has 0 aliphatic rings. The first kappa shape index (κ1) is 13.6. The van der Waals surface area contributed by atoms with E-state index in [1.807, 2.05) is 20.8 Å². The van der Waals surface area contributed by atoms with Crippen LogP contribution in [0.2, 0.25) is 0 Å². The Hall–Kier alpha value is 0. The van der Waals surface area contributed by atoms with Crippen LogP contribution >= 0.6 is 0 Å². The molecule has 11 heavy (non-hydrogen) atoms. The van der Waals surface area contributed by atoms with Crippen molar-refractivity contribution in [1.82, 2.24) is 5.43 Å². The zero-order chi connectivity index (χ0) is 8.20. The van der Waals surface area contributed by atoms with Gasteiger partial charge in [0.15, 0.2) is 0 Å². The van der Waals surface area contributed by atoms with E-state index in [1.165, 1.54) is 0 Å². The molecule has 5 nitrogen and oxygen atoms in total. The number of rotatable bonds is 2. The average molecular weight is 169 g/mol. The molecule has 0 aromatic heterocycles. The summed E-state index contributed by atoms with van der Waals surface area (Å²) in [5, 5.41) is 21.8. The Labute approximate surface area is 88.3 Å². The minimum atomic E-state index is -0.0781. The molecule has 0 spiro atoms. The molecule has 60 valence electrons. The van der Waals surface area contributed by atoms with Gasteiger partial charge in [-0.2, -0.15) is 5.43 Å². The van der Waals surface area contributed by atoms with E-state index in [2.05, 4.69) is 10.7 Å². The van der Waals surface area contributed by atoms with Crippen LogP contribution in [0.25, 0.3) is 0 Å². The molecule has 0 saturated heterocycles. The van der Waals surface area contributed by atoms with Crippen LogP contribution in [0.5, 0.6) is 0 Å². The van der Waals surface area contributed by atoms with E-state index in [0.29, 0.717) is 6.54 Å². The molecule has 0 rings (SSSR count). The Morgan fingerprint density at radius 3 is 2.18 bits per heavy atom. The van der Waals surface area contributed by atoms with Crippen molar-refractivity contribution >= 4 is 0 Å². The Bertz CT molecular complexity index is 132. The zero-order valence-corrected chi connectivity index (χ0v) is 9.42. The summed E-state index contributed by atoms with van der Waals surface area (Å²) in [6.07, 6.45) is 0. The van der Waals surface area contributed by atoms with Crippen LogP contribution in [0.3, 0.4) is 0 Å². The standard InChI is InChI=1S/C5H13N3O2.Na/c1-5(2,3)4-6-8(10)7-9;/h9H,4H2,1-3H3,(H,6,7);/q;+1/p-1. The van der Waals surface area contributed by atoms with Gasteiger partial charge < -0.3 is 10.4 Å². The minimum absolute atomic E-state index is 0. The van der Waals surface area contributed by atoms with E-state index in [4.69, 9.17) is 0 Å². The third kappa shape index (κ3) is 10.0. The summed E-state index contributed by atoms with van der Waals surface area (Å²) in [4.78, 5) is -0.0781. The van der Waals surface area contributed by atoms with Crippen molar-refractivity contribution in [1.29, 1.82) is 0 Å². The molecule has 0 aromatic rings. The largest absolute Gasteiger partial charge is 1.00 e. The fourth-order valence-corrected chi connectivity index (χ4v) is 0.334. The average Bonchev–Trinajstić information content (AvgIpc) is 1.81. The number of nitrogens with zero attached hydrogens (tertiary/aromatic N) is 2. The minimum Gasteiger partial charge on any atom is -0.737 e. The number of hydrazine groups is 1. The molecule has 1 N–H and O–H groups in total. The number of nitrogens with one attached hydrogen (secondary N) is 1. The molecule has 0 aliphatic carbocycles. The fraction of sp³-hybridized carbons (Fsp3) is 1.00. The van der Waals surface area contributed by atoms with E-state index in [-0.39, 0.29) is 39.9 Å². The van der Waals surface area contributed by atoms with Crippen molar-refractivity contribution < 1.29 is 34.5 Å². The maximum Gasteiger partial charge on any atom is 1.00 e. The maximum atomic E-state index is 10.2. The first-order chi connectivity index (χ1) is 4.45. The van der Waals surface area contributed by atoms with E-state index in [0.717, 1.165) is 0 Å². The maximum absolute atomic E-state index is 10.2. The number of hydrogen-bond donors (Lipinski definition) is 1. The van der Waals surface area contributed by atoms with Crippen molar-refractivity contribution in [2.45, 2.75) is 20.8 Å². The van der Waals surface area contributed by atoms with Gasteiger partial charge in [-0.15, -0.1) is 0 Å². The van der Waals surface area contributed by atoms with Crippen LogP contribution in [-0.2, 0) is 0 Å². The Morgan fingerprint density at radius 2 is 1.91 bits per heavy atom. The first-order valence-corrected chi connectivity index (χ1v) is 3.00. The van der Waals surface area contributed by atoms with Crippen LogP contribution in [0.1, 0.15) is 20.8 Å². The summed E-state index contributed by atoms with van der Waals surface area (Å²) in [5.74, 6) is 0. The molecule has 0 saturated carbocycles. The van der Waals surface area contributed by atoms with Gasteiger partial charge in [0.1, 0.15) is 0 Å². The third-order valence-corrected chi connectivity index (χ3v) is 0.819. The molecule has 0 heterocycles. The molecule has 0 atom stereocenters. The SMILES string of the molecule is CC(C)(C)CN/[N+]([O-])=N\[O-].[Na+]. The van der Waals surface area contributed by atoms with Crippen molar-refractivity contribution in [2.75, 3.05) is 6.54 Å².